The van der Waals surface area contributed by atoms with Gasteiger partial charge in [-0.3, -0.25) is 4.79 Å². The summed E-state index contributed by atoms with van der Waals surface area (Å²) < 4.78 is 4.63. The van der Waals surface area contributed by atoms with Gasteiger partial charge in [-0.1, -0.05) is 6.08 Å². The second-order valence-electron chi connectivity index (χ2n) is 1.83. The number of hydrogen-bond donors (Lipinski definition) is 1. The van der Waals surface area contributed by atoms with Crippen LogP contribution < -0.4 is 5.32 Å². The van der Waals surface area contributed by atoms with Crippen molar-refractivity contribution in [1.29, 1.82) is 0 Å². The van der Waals surface area contributed by atoms with Crippen molar-refractivity contribution in [1.82, 2.24) is 5.32 Å². The van der Waals surface area contributed by atoms with Gasteiger partial charge in [-0.2, -0.15) is 0 Å². The Morgan fingerprint density at radius 2 is 2.30 bits per heavy atom. The predicted octanol–water partition coefficient (Wildman–Crippen LogP) is 0.325. The maximum Gasteiger partial charge on any atom is 0.302 e. The van der Waals surface area contributed by atoms with Gasteiger partial charge in [-0.25, -0.2) is 0 Å². The summed E-state index contributed by atoms with van der Waals surface area (Å²) >= 11 is 0. The van der Waals surface area contributed by atoms with Crippen LogP contribution in [0, 0.1) is 0 Å². The number of hydrogen-bond acceptors (Lipinski definition) is 3. The SMILES string of the molecule is CNC/C=C/COC(C)=O. The molecule has 0 radical (unpaired) electrons. The van der Waals surface area contributed by atoms with Gasteiger partial charge in [-0.05, 0) is 13.1 Å². The lowest BCUT2D eigenvalue weighted by atomic mass is 10.5. The quantitative estimate of drug-likeness (QED) is 0.455. The summed E-state index contributed by atoms with van der Waals surface area (Å²) in [5, 5.41) is 2.93. The first-order valence-electron chi connectivity index (χ1n) is 3.20. The van der Waals surface area contributed by atoms with Crippen molar-refractivity contribution >= 4 is 5.97 Å². The fraction of sp³-hybridized carbons (Fsp3) is 0.571. The number of ether oxygens (including phenoxy) is 1. The van der Waals surface area contributed by atoms with Crippen molar-refractivity contribution < 1.29 is 9.53 Å². The molecule has 0 aliphatic rings. The molecule has 0 aromatic heterocycles. The molecule has 0 bridgehead atoms. The summed E-state index contributed by atoms with van der Waals surface area (Å²) in [6.07, 6.45) is 3.71. The van der Waals surface area contributed by atoms with Gasteiger partial charge in [0, 0.05) is 13.5 Å². The number of esters is 1. The van der Waals surface area contributed by atoms with Gasteiger partial charge in [-0.15, -0.1) is 0 Å². The van der Waals surface area contributed by atoms with Crippen LogP contribution in [-0.2, 0) is 9.53 Å². The van der Waals surface area contributed by atoms with E-state index in [2.05, 4.69) is 10.1 Å². The maximum atomic E-state index is 10.2. The highest BCUT2D eigenvalue weighted by atomic mass is 16.5. The molecule has 58 valence electrons. The third-order valence-electron chi connectivity index (χ3n) is 0.871. The Hall–Kier alpha value is -0.830. The molecule has 0 spiro atoms. The van der Waals surface area contributed by atoms with Crippen molar-refractivity contribution in [2.45, 2.75) is 6.92 Å². The summed E-state index contributed by atoms with van der Waals surface area (Å²) in [6.45, 7) is 2.57. The summed E-state index contributed by atoms with van der Waals surface area (Å²) in [7, 11) is 1.86. The molecule has 3 heteroatoms. The van der Waals surface area contributed by atoms with E-state index in [1.165, 1.54) is 6.92 Å². The van der Waals surface area contributed by atoms with Crippen molar-refractivity contribution in [2.75, 3.05) is 20.2 Å². The molecule has 0 aromatic rings. The smallest absolute Gasteiger partial charge is 0.302 e. The van der Waals surface area contributed by atoms with Crippen molar-refractivity contribution in [2.24, 2.45) is 0 Å². The Morgan fingerprint density at radius 1 is 1.60 bits per heavy atom. The molecule has 0 aliphatic carbocycles. The van der Waals surface area contributed by atoms with Crippen molar-refractivity contribution in [3.8, 4) is 0 Å². The third-order valence-corrected chi connectivity index (χ3v) is 0.871. The zero-order valence-electron chi connectivity index (χ0n) is 6.39. The summed E-state index contributed by atoms with van der Waals surface area (Å²) in [4.78, 5) is 10.2. The van der Waals surface area contributed by atoms with Crippen molar-refractivity contribution in [3.63, 3.8) is 0 Å². The minimum absolute atomic E-state index is 0.242. The fourth-order valence-corrected chi connectivity index (χ4v) is 0.435. The fourth-order valence-electron chi connectivity index (χ4n) is 0.435. The third kappa shape index (κ3) is 7.17. The van der Waals surface area contributed by atoms with E-state index in [1.807, 2.05) is 13.1 Å². The van der Waals surface area contributed by atoms with E-state index in [0.717, 1.165) is 6.54 Å². The highest BCUT2D eigenvalue weighted by Gasteiger charge is 1.85. The van der Waals surface area contributed by atoms with E-state index < -0.39 is 0 Å². The monoisotopic (exact) mass is 143 g/mol. The first kappa shape index (κ1) is 9.17. The predicted molar refractivity (Wildman–Crippen MR) is 39.7 cm³/mol. The van der Waals surface area contributed by atoms with E-state index in [9.17, 15) is 4.79 Å². The lowest BCUT2D eigenvalue weighted by Gasteiger charge is -1.93. The lowest BCUT2D eigenvalue weighted by Crippen LogP contribution is -2.04. The summed E-state index contributed by atoms with van der Waals surface area (Å²) in [6, 6.07) is 0. The lowest BCUT2D eigenvalue weighted by molar-refractivity contribution is -0.139. The topological polar surface area (TPSA) is 38.3 Å². The van der Waals surface area contributed by atoms with Crippen LogP contribution in [0.2, 0.25) is 0 Å². The van der Waals surface area contributed by atoms with Crippen LogP contribution in [0.4, 0.5) is 0 Å². The molecule has 1 N–H and O–H groups in total. The summed E-state index contributed by atoms with van der Waals surface area (Å²) in [5.41, 5.74) is 0. The molecular weight excluding hydrogens is 130 g/mol. The molecule has 0 amide bonds. The van der Waals surface area contributed by atoms with Gasteiger partial charge in [0.1, 0.15) is 6.61 Å². The van der Waals surface area contributed by atoms with Crippen LogP contribution in [0.5, 0.6) is 0 Å². The molecule has 0 saturated heterocycles. The number of carbonyl (C=O) groups excluding carboxylic acids is 1. The van der Waals surface area contributed by atoms with Gasteiger partial charge in [0.25, 0.3) is 0 Å². The van der Waals surface area contributed by atoms with Crippen LogP contribution in [0.25, 0.3) is 0 Å². The van der Waals surface area contributed by atoms with Crippen LogP contribution in [0.1, 0.15) is 6.92 Å². The Kier molecular flexibility index (Phi) is 5.77. The van der Waals surface area contributed by atoms with Gasteiger partial charge < -0.3 is 10.1 Å². The number of nitrogens with one attached hydrogen (secondary N) is 1. The second kappa shape index (κ2) is 6.29. The zero-order valence-corrected chi connectivity index (χ0v) is 6.39. The Labute approximate surface area is 61.1 Å². The molecule has 0 rings (SSSR count). The highest BCUT2D eigenvalue weighted by Crippen LogP contribution is 1.77. The Balaban J connectivity index is 3.10. The average Bonchev–Trinajstić information content (AvgIpc) is 1.87. The standard InChI is InChI=1S/C7H13NO2/c1-7(9)10-6-4-3-5-8-2/h3-4,8H,5-6H2,1-2H3/b4-3+. The molecule has 10 heavy (non-hydrogen) atoms. The van der Waals surface area contributed by atoms with Crippen molar-refractivity contribution in [3.05, 3.63) is 12.2 Å². The minimum Gasteiger partial charge on any atom is -0.462 e. The van der Waals surface area contributed by atoms with E-state index in [1.54, 1.807) is 6.08 Å². The van der Waals surface area contributed by atoms with E-state index in [-0.39, 0.29) is 5.97 Å². The van der Waals surface area contributed by atoms with E-state index >= 15 is 0 Å². The van der Waals surface area contributed by atoms with Crippen LogP contribution in [0.15, 0.2) is 12.2 Å². The van der Waals surface area contributed by atoms with Gasteiger partial charge >= 0.3 is 5.97 Å². The van der Waals surface area contributed by atoms with Crippen LogP contribution in [-0.4, -0.2) is 26.2 Å². The van der Waals surface area contributed by atoms with Gasteiger partial charge in [0.05, 0.1) is 0 Å². The molecule has 0 fully saturated rings. The molecule has 0 unspecified atom stereocenters. The molecule has 3 nitrogen and oxygen atoms in total. The molecule has 0 saturated carbocycles. The van der Waals surface area contributed by atoms with Gasteiger partial charge in [0.15, 0.2) is 0 Å². The molecule has 0 heterocycles. The molecule has 0 aromatic carbocycles. The first-order chi connectivity index (χ1) is 4.77. The molecule has 0 aliphatic heterocycles. The number of rotatable bonds is 4. The maximum absolute atomic E-state index is 10.2. The second-order valence-corrected chi connectivity index (χ2v) is 1.83. The summed E-state index contributed by atoms with van der Waals surface area (Å²) in [5.74, 6) is -0.242. The van der Waals surface area contributed by atoms with E-state index in [0.29, 0.717) is 6.61 Å². The highest BCUT2D eigenvalue weighted by molar-refractivity contribution is 5.65. The Morgan fingerprint density at radius 3 is 2.80 bits per heavy atom. The van der Waals surface area contributed by atoms with Gasteiger partial charge in [0.2, 0.25) is 0 Å². The van der Waals surface area contributed by atoms with Crippen LogP contribution >= 0.6 is 0 Å². The molecule has 0 atom stereocenters. The largest absolute Gasteiger partial charge is 0.462 e. The number of likely N-dealkylation sites (N-methyl/N-ethyl adjacent to an activating group) is 1. The van der Waals surface area contributed by atoms with Crippen LogP contribution in [0.3, 0.4) is 0 Å². The Bertz CT molecular complexity index is 121. The normalized spacial score (nSPS) is 10.2. The van der Waals surface area contributed by atoms with E-state index in [4.69, 9.17) is 0 Å². The number of carbonyl (C=O) groups is 1. The zero-order chi connectivity index (χ0) is 7.82. The minimum atomic E-state index is -0.242. The molecular formula is C7H13NO2. The average molecular weight is 143 g/mol. The first-order valence-corrected chi connectivity index (χ1v) is 3.20.